The average molecular weight is 467 g/mol. The third-order valence-electron chi connectivity index (χ3n) is 5.37. The lowest BCUT2D eigenvalue weighted by Gasteiger charge is -2.13. The number of ether oxygens (including phenoxy) is 3. The number of hydrogen-bond acceptors (Lipinski definition) is 6. The fourth-order valence-electron chi connectivity index (χ4n) is 3.70. The molecule has 3 aromatic carbocycles. The Hall–Kier alpha value is -3.72. The van der Waals surface area contributed by atoms with Crippen LogP contribution in [0.1, 0.15) is 12.0 Å². The quantitative estimate of drug-likeness (QED) is 0.596. The zero-order chi connectivity index (χ0) is 22.8. The molecule has 0 spiro atoms. The van der Waals surface area contributed by atoms with Gasteiger partial charge in [0.05, 0.1) is 18.1 Å². The van der Waals surface area contributed by atoms with Crippen LogP contribution in [0.5, 0.6) is 17.2 Å². The highest BCUT2D eigenvalue weighted by Gasteiger charge is 2.28. The highest BCUT2D eigenvalue weighted by Crippen LogP contribution is 2.33. The van der Waals surface area contributed by atoms with Gasteiger partial charge in [-0.2, -0.15) is 0 Å². The molecule has 2 N–H and O–H groups in total. The van der Waals surface area contributed by atoms with Gasteiger partial charge < -0.3 is 19.5 Å². The van der Waals surface area contributed by atoms with E-state index in [1.165, 1.54) is 12.1 Å². The zero-order valence-electron chi connectivity index (χ0n) is 17.6. The first-order chi connectivity index (χ1) is 16.0. The second-order valence-electron chi connectivity index (χ2n) is 7.75. The van der Waals surface area contributed by atoms with E-state index in [1.54, 1.807) is 30.3 Å². The van der Waals surface area contributed by atoms with Crippen LogP contribution >= 0.6 is 0 Å². The van der Waals surface area contributed by atoms with Crippen molar-refractivity contribution in [1.82, 2.24) is 0 Å². The third-order valence-corrected chi connectivity index (χ3v) is 6.75. The maximum atomic E-state index is 12.8. The van der Waals surface area contributed by atoms with E-state index in [-0.39, 0.29) is 10.8 Å². The molecule has 0 unspecified atom stereocenters. The molecule has 2 heterocycles. The molecule has 170 valence electrons. The first kappa shape index (κ1) is 21.1. The minimum atomic E-state index is -3.83. The molecule has 3 aromatic rings. The van der Waals surface area contributed by atoms with Crippen LogP contribution in [0.3, 0.4) is 0 Å². The Morgan fingerprint density at radius 3 is 2.36 bits per heavy atom. The van der Waals surface area contributed by atoms with Crippen LogP contribution < -0.4 is 24.2 Å². The van der Waals surface area contributed by atoms with E-state index < -0.39 is 16.1 Å². The number of benzene rings is 3. The largest absolute Gasteiger partial charge is 0.490 e. The summed E-state index contributed by atoms with van der Waals surface area (Å²) in [5.74, 6) is 1.40. The monoisotopic (exact) mass is 466 g/mol. The summed E-state index contributed by atoms with van der Waals surface area (Å²) in [6.07, 6.45) is 0.646. The number of rotatable bonds is 5. The molecule has 2 aliphatic heterocycles. The van der Waals surface area contributed by atoms with Crippen molar-refractivity contribution < 1.29 is 27.4 Å². The summed E-state index contributed by atoms with van der Waals surface area (Å²) in [5.41, 5.74) is 1.90. The van der Waals surface area contributed by atoms with Crippen LogP contribution in [0.15, 0.2) is 71.6 Å². The smallest absolute Gasteiger partial charge is 0.265 e. The second-order valence-corrected chi connectivity index (χ2v) is 9.43. The molecule has 0 bridgehead atoms. The van der Waals surface area contributed by atoms with E-state index in [2.05, 4.69) is 10.0 Å². The van der Waals surface area contributed by atoms with Crippen molar-refractivity contribution in [3.8, 4) is 17.2 Å². The Kier molecular flexibility index (Phi) is 5.55. The summed E-state index contributed by atoms with van der Waals surface area (Å²) in [6, 6.07) is 18.5. The summed E-state index contributed by atoms with van der Waals surface area (Å²) < 4.78 is 45.0. The minimum Gasteiger partial charge on any atom is -0.490 e. The molecule has 5 rings (SSSR count). The van der Waals surface area contributed by atoms with Gasteiger partial charge in [-0.25, -0.2) is 8.42 Å². The SMILES string of the molecule is O=C(Nc1ccc(NS(=O)(=O)c2ccc3c(c2)OCCCO3)cc1)[C@@H]1Cc2ccccc2O1. The number of hydrogen-bond donors (Lipinski definition) is 2. The average Bonchev–Trinajstić information content (AvgIpc) is 3.11. The Labute approximate surface area is 191 Å². The first-order valence-electron chi connectivity index (χ1n) is 10.6. The number of carbonyl (C=O) groups excluding carboxylic acids is 1. The predicted octanol–water partition coefficient (Wildman–Crippen LogP) is 3.59. The van der Waals surface area contributed by atoms with Gasteiger partial charge in [-0.15, -0.1) is 0 Å². The van der Waals surface area contributed by atoms with Gasteiger partial charge in [-0.05, 0) is 48.0 Å². The molecule has 0 saturated heterocycles. The van der Waals surface area contributed by atoms with Gasteiger partial charge in [0, 0.05) is 30.3 Å². The highest BCUT2D eigenvalue weighted by molar-refractivity contribution is 7.92. The van der Waals surface area contributed by atoms with Crippen molar-refractivity contribution in [2.45, 2.75) is 23.8 Å². The molecular formula is C24H22N2O6S. The predicted molar refractivity (Wildman–Crippen MR) is 122 cm³/mol. The maximum Gasteiger partial charge on any atom is 0.265 e. The summed E-state index contributed by atoms with van der Waals surface area (Å²) >= 11 is 0. The van der Waals surface area contributed by atoms with E-state index >= 15 is 0 Å². The van der Waals surface area contributed by atoms with Crippen molar-refractivity contribution in [1.29, 1.82) is 0 Å². The minimum absolute atomic E-state index is 0.0714. The van der Waals surface area contributed by atoms with E-state index in [9.17, 15) is 13.2 Å². The Bertz CT molecular complexity index is 1270. The molecule has 1 amide bonds. The number of nitrogens with one attached hydrogen (secondary N) is 2. The van der Waals surface area contributed by atoms with E-state index in [0.29, 0.717) is 42.5 Å². The van der Waals surface area contributed by atoms with Crippen LogP contribution in [0, 0.1) is 0 Å². The fraction of sp³-hybridized carbons (Fsp3) is 0.208. The van der Waals surface area contributed by atoms with Gasteiger partial charge in [-0.3, -0.25) is 9.52 Å². The maximum absolute atomic E-state index is 12.8. The summed E-state index contributed by atoms with van der Waals surface area (Å²) in [4.78, 5) is 12.6. The zero-order valence-corrected chi connectivity index (χ0v) is 18.4. The van der Waals surface area contributed by atoms with Crippen LogP contribution in [0.4, 0.5) is 11.4 Å². The van der Waals surface area contributed by atoms with Gasteiger partial charge in [-0.1, -0.05) is 18.2 Å². The van der Waals surface area contributed by atoms with Crippen molar-refractivity contribution in [2.24, 2.45) is 0 Å². The molecular weight excluding hydrogens is 444 g/mol. The molecule has 0 saturated carbocycles. The van der Waals surface area contributed by atoms with Gasteiger partial charge >= 0.3 is 0 Å². The topological polar surface area (TPSA) is 103 Å². The number of carbonyl (C=O) groups is 1. The molecule has 9 heteroatoms. The Balaban J connectivity index is 1.23. The second kappa shape index (κ2) is 8.67. The summed E-state index contributed by atoms with van der Waals surface area (Å²) in [5, 5.41) is 2.81. The van der Waals surface area contributed by atoms with Crippen LogP contribution in [-0.2, 0) is 21.2 Å². The number of amides is 1. The molecule has 0 aromatic heterocycles. The van der Waals surface area contributed by atoms with Gasteiger partial charge in [0.15, 0.2) is 17.6 Å². The molecule has 0 fully saturated rings. The van der Waals surface area contributed by atoms with Crippen LogP contribution in [0.25, 0.3) is 0 Å². The van der Waals surface area contributed by atoms with Crippen LogP contribution in [-0.4, -0.2) is 33.6 Å². The molecule has 2 aliphatic rings. The third kappa shape index (κ3) is 4.58. The molecule has 33 heavy (non-hydrogen) atoms. The lowest BCUT2D eigenvalue weighted by molar-refractivity contribution is -0.122. The summed E-state index contributed by atoms with van der Waals surface area (Å²) in [7, 11) is -3.83. The van der Waals surface area contributed by atoms with Crippen LogP contribution in [0.2, 0.25) is 0 Å². The summed E-state index contributed by atoms with van der Waals surface area (Å²) in [6.45, 7) is 0.995. The number of para-hydroxylation sites is 1. The van der Waals surface area contributed by atoms with Crippen molar-refractivity contribution in [3.63, 3.8) is 0 Å². The fourth-order valence-corrected chi connectivity index (χ4v) is 4.77. The molecule has 0 aliphatic carbocycles. The number of anilines is 2. The van der Waals surface area contributed by atoms with Gasteiger partial charge in [0.25, 0.3) is 15.9 Å². The first-order valence-corrected chi connectivity index (χ1v) is 12.0. The normalized spacial score (nSPS) is 16.8. The molecule has 8 nitrogen and oxygen atoms in total. The van der Waals surface area contributed by atoms with E-state index in [4.69, 9.17) is 14.2 Å². The highest BCUT2D eigenvalue weighted by atomic mass is 32.2. The Morgan fingerprint density at radius 1 is 0.848 bits per heavy atom. The van der Waals surface area contributed by atoms with Gasteiger partial charge in [0.1, 0.15) is 5.75 Å². The van der Waals surface area contributed by atoms with Crippen molar-refractivity contribution in [3.05, 3.63) is 72.3 Å². The van der Waals surface area contributed by atoms with E-state index in [0.717, 1.165) is 17.7 Å². The molecule has 0 radical (unpaired) electrons. The van der Waals surface area contributed by atoms with Crippen molar-refractivity contribution in [2.75, 3.05) is 23.3 Å². The van der Waals surface area contributed by atoms with Crippen molar-refractivity contribution >= 4 is 27.3 Å². The van der Waals surface area contributed by atoms with Gasteiger partial charge in [0.2, 0.25) is 0 Å². The standard InChI is InChI=1S/C24H22N2O6S/c27-24(23-14-16-4-1-2-5-20(16)32-23)25-17-6-8-18(9-7-17)26-33(28,29)19-10-11-21-22(15-19)31-13-3-12-30-21/h1-2,4-11,15,23,26H,3,12-14H2,(H,25,27)/t23-/m0/s1. The number of fused-ring (bicyclic) bond motifs is 2. The lowest BCUT2D eigenvalue weighted by atomic mass is 10.1. The Morgan fingerprint density at radius 2 is 1.58 bits per heavy atom. The molecule has 1 atom stereocenters. The van der Waals surface area contributed by atoms with E-state index in [1.807, 2.05) is 24.3 Å². The lowest BCUT2D eigenvalue weighted by Crippen LogP contribution is -2.31. The number of sulfonamides is 1.